The zero-order valence-electron chi connectivity index (χ0n) is 14.5. The summed E-state index contributed by atoms with van der Waals surface area (Å²) in [5.74, 6) is -2.62. The SMILES string of the molecule is CCC1C2(CN(C(=O)OC(C)(C)C)C1(C)C(=O)O)OCCCO2. The summed E-state index contributed by atoms with van der Waals surface area (Å²) in [5, 5.41) is 9.85. The lowest BCUT2D eigenvalue weighted by atomic mass is 9.81. The molecule has 2 fully saturated rings. The van der Waals surface area contributed by atoms with Crippen LogP contribution in [0.4, 0.5) is 4.79 Å². The molecule has 1 amide bonds. The molecule has 2 saturated heterocycles. The predicted octanol–water partition coefficient (Wildman–Crippen LogP) is 2.24. The van der Waals surface area contributed by atoms with Gasteiger partial charge in [0.25, 0.3) is 0 Å². The third kappa shape index (κ3) is 3.04. The first-order valence-corrected chi connectivity index (χ1v) is 8.09. The molecule has 1 spiro atoms. The highest BCUT2D eigenvalue weighted by atomic mass is 16.7. The molecule has 7 nitrogen and oxygen atoms in total. The van der Waals surface area contributed by atoms with Gasteiger partial charge < -0.3 is 19.3 Å². The van der Waals surface area contributed by atoms with E-state index in [1.165, 1.54) is 4.90 Å². The first-order chi connectivity index (χ1) is 10.6. The molecule has 2 heterocycles. The van der Waals surface area contributed by atoms with Crippen molar-refractivity contribution in [3.05, 3.63) is 0 Å². The lowest BCUT2D eigenvalue weighted by Gasteiger charge is -2.40. The van der Waals surface area contributed by atoms with Gasteiger partial charge in [0.05, 0.1) is 19.8 Å². The second-order valence-electron chi connectivity index (χ2n) is 7.34. The molecule has 132 valence electrons. The van der Waals surface area contributed by atoms with Crippen molar-refractivity contribution in [1.29, 1.82) is 0 Å². The van der Waals surface area contributed by atoms with Gasteiger partial charge in [0.1, 0.15) is 11.1 Å². The van der Waals surface area contributed by atoms with Crippen molar-refractivity contribution in [3.8, 4) is 0 Å². The van der Waals surface area contributed by atoms with Crippen molar-refractivity contribution in [1.82, 2.24) is 4.90 Å². The van der Waals surface area contributed by atoms with Crippen LogP contribution in [0, 0.1) is 5.92 Å². The van der Waals surface area contributed by atoms with Gasteiger partial charge in [0.2, 0.25) is 0 Å². The number of carbonyl (C=O) groups is 2. The lowest BCUT2D eigenvalue weighted by Crippen LogP contribution is -2.56. The monoisotopic (exact) mass is 329 g/mol. The summed E-state index contributed by atoms with van der Waals surface area (Å²) in [5.41, 5.74) is -2.14. The van der Waals surface area contributed by atoms with Crippen LogP contribution in [-0.2, 0) is 19.0 Å². The summed E-state index contributed by atoms with van der Waals surface area (Å²) in [4.78, 5) is 25.9. The Hall–Kier alpha value is -1.34. The van der Waals surface area contributed by atoms with Crippen LogP contribution >= 0.6 is 0 Å². The fourth-order valence-electron chi connectivity index (χ4n) is 3.54. The van der Waals surface area contributed by atoms with Crippen LogP contribution in [0.15, 0.2) is 0 Å². The molecule has 0 bridgehead atoms. The summed E-state index contributed by atoms with van der Waals surface area (Å²) >= 11 is 0. The van der Waals surface area contributed by atoms with Gasteiger partial charge in [0, 0.05) is 5.92 Å². The molecule has 2 aliphatic heterocycles. The van der Waals surface area contributed by atoms with Crippen molar-refractivity contribution >= 4 is 12.1 Å². The second-order valence-corrected chi connectivity index (χ2v) is 7.34. The average Bonchev–Trinajstić information content (AvgIpc) is 2.68. The topological polar surface area (TPSA) is 85.3 Å². The number of likely N-dealkylation sites (tertiary alicyclic amines) is 1. The maximum Gasteiger partial charge on any atom is 0.411 e. The highest BCUT2D eigenvalue weighted by Crippen LogP contribution is 2.48. The summed E-state index contributed by atoms with van der Waals surface area (Å²) in [6.07, 6.45) is 0.617. The molecule has 23 heavy (non-hydrogen) atoms. The van der Waals surface area contributed by atoms with E-state index in [1.54, 1.807) is 27.7 Å². The number of ether oxygens (including phenoxy) is 3. The third-order valence-electron chi connectivity index (χ3n) is 4.59. The smallest absolute Gasteiger partial charge is 0.411 e. The van der Waals surface area contributed by atoms with Crippen LogP contribution < -0.4 is 0 Å². The van der Waals surface area contributed by atoms with Gasteiger partial charge in [-0.3, -0.25) is 4.90 Å². The minimum absolute atomic E-state index is 0.0588. The van der Waals surface area contributed by atoms with E-state index in [9.17, 15) is 14.7 Å². The fraction of sp³-hybridized carbons (Fsp3) is 0.875. The summed E-state index contributed by atoms with van der Waals surface area (Å²) in [6.45, 7) is 9.72. The average molecular weight is 329 g/mol. The van der Waals surface area contributed by atoms with Crippen molar-refractivity contribution in [2.45, 2.75) is 64.4 Å². The van der Waals surface area contributed by atoms with Crippen LogP contribution in [0.25, 0.3) is 0 Å². The maximum atomic E-state index is 12.6. The number of rotatable bonds is 2. The van der Waals surface area contributed by atoms with Gasteiger partial charge in [-0.1, -0.05) is 6.92 Å². The molecule has 0 saturated carbocycles. The van der Waals surface area contributed by atoms with E-state index < -0.39 is 34.9 Å². The van der Waals surface area contributed by atoms with Gasteiger partial charge >= 0.3 is 12.1 Å². The summed E-state index contributed by atoms with van der Waals surface area (Å²) < 4.78 is 17.1. The molecular formula is C16H27NO6. The number of nitrogens with zero attached hydrogens (tertiary/aromatic N) is 1. The Bertz CT molecular complexity index is 479. The van der Waals surface area contributed by atoms with Gasteiger partial charge in [-0.15, -0.1) is 0 Å². The Labute approximate surface area is 136 Å². The molecule has 2 aliphatic rings. The second kappa shape index (κ2) is 5.94. The van der Waals surface area contributed by atoms with E-state index in [1.807, 2.05) is 6.92 Å². The molecular weight excluding hydrogens is 302 g/mol. The molecule has 2 atom stereocenters. The predicted molar refractivity (Wildman–Crippen MR) is 82.0 cm³/mol. The Morgan fingerprint density at radius 3 is 2.30 bits per heavy atom. The number of carboxylic acid groups (broad SMARTS) is 1. The molecule has 2 unspecified atom stereocenters. The van der Waals surface area contributed by atoms with Gasteiger partial charge in [-0.25, -0.2) is 9.59 Å². The quantitative estimate of drug-likeness (QED) is 0.836. The number of carboxylic acids is 1. The van der Waals surface area contributed by atoms with Crippen LogP contribution in [0.2, 0.25) is 0 Å². The molecule has 1 N–H and O–H groups in total. The number of amides is 1. The van der Waals surface area contributed by atoms with E-state index in [0.29, 0.717) is 19.6 Å². The van der Waals surface area contributed by atoms with E-state index in [-0.39, 0.29) is 6.54 Å². The molecule has 0 aromatic heterocycles. The van der Waals surface area contributed by atoms with E-state index >= 15 is 0 Å². The van der Waals surface area contributed by atoms with Crippen LogP contribution in [0.3, 0.4) is 0 Å². The van der Waals surface area contributed by atoms with Gasteiger partial charge in [-0.05, 0) is 40.5 Å². The first kappa shape index (κ1) is 18.0. The Kier molecular flexibility index (Phi) is 4.65. The summed E-state index contributed by atoms with van der Waals surface area (Å²) in [6, 6.07) is 0. The summed E-state index contributed by atoms with van der Waals surface area (Å²) in [7, 11) is 0. The van der Waals surface area contributed by atoms with Crippen LogP contribution in [0.5, 0.6) is 0 Å². The van der Waals surface area contributed by atoms with Gasteiger partial charge in [-0.2, -0.15) is 0 Å². The highest BCUT2D eigenvalue weighted by molar-refractivity contribution is 5.85. The lowest BCUT2D eigenvalue weighted by molar-refractivity contribution is -0.281. The third-order valence-corrected chi connectivity index (χ3v) is 4.59. The standard InChI is InChI=1S/C16H27NO6/c1-6-11-15(5,12(18)19)17(13(20)23-14(2,3)4)10-16(11)21-8-7-9-22-16/h11H,6-10H2,1-5H3,(H,18,19). The van der Waals surface area contributed by atoms with E-state index in [4.69, 9.17) is 14.2 Å². The zero-order chi connectivity index (χ0) is 17.5. The van der Waals surface area contributed by atoms with E-state index in [2.05, 4.69) is 0 Å². The number of carbonyl (C=O) groups excluding carboxylic acids is 1. The minimum atomic E-state index is -1.44. The molecule has 0 aromatic rings. The first-order valence-electron chi connectivity index (χ1n) is 8.09. The normalized spacial score (nSPS) is 30.5. The van der Waals surface area contributed by atoms with Crippen molar-refractivity contribution in [2.24, 2.45) is 5.92 Å². The molecule has 0 aromatic carbocycles. The number of hydrogen-bond acceptors (Lipinski definition) is 5. The minimum Gasteiger partial charge on any atom is -0.479 e. The highest BCUT2D eigenvalue weighted by Gasteiger charge is 2.66. The molecule has 7 heteroatoms. The Morgan fingerprint density at radius 1 is 1.30 bits per heavy atom. The molecule has 0 radical (unpaired) electrons. The van der Waals surface area contributed by atoms with Gasteiger partial charge in [0.15, 0.2) is 5.79 Å². The Balaban J connectivity index is 2.40. The maximum absolute atomic E-state index is 12.6. The fourth-order valence-corrected chi connectivity index (χ4v) is 3.54. The van der Waals surface area contributed by atoms with Crippen molar-refractivity contribution < 1.29 is 28.9 Å². The van der Waals surface area contributed by atoms with E-state index in [0.717, 1.165) is 6.42 Å². The zero-order valence-corrected chi connectivity index (χ0v) is 14.5. The van der Waals surface area contributed by atoms with Crippen LogP contribution in [0.1, 0.15) is 47.5 Å². The number of hydrogen-bond donors (Lipinski definition) is 1. The Morgan fingerprint density at radius 2 is 1.87 bits per heavy atom. The molecule has 2 rings (SSSR count). The number of aliphatic carboxylic acids is 1. The van der Waals surface area contributed by atoms with Crippen molar-refractivity contribution in [2.75, 3.05) is 19.8 Å². The van der Waals surface area contributed by atoms with Crippen LogP contribution in [-0.4, -0.2) is 58.8 Å². The molecule has 0 aliphatic carbocycles. The largest absolute Gasteiger partial charge is 0.479 e. The van der Waals surface area contributed by atoms with Crippen molar-refractivity contribution in [3.63, 3.8) is 0 Å².